The third kappa shape index (κ3) is 3.72. The second kappa shape index (κ2) is 6.42. The molecule has 0 saturated heterocycles. The van der Waals surface area contributed by atoms with E-state index in [0.717, 1.165) is 0 Å². The Kier molecular flexibility index (Phi) is 4.81. The maximum atomic E-state index is 12.3. The highest BCUT2D eigenvalue weighted by molar-refractivity contribution is 7.89. The summed E-state index contributed by atoms with van der Waals surface area (Å²) in [6.07, 6.45) is 0.590. The first-order valence-electron chi connectivity index (χ1n) is 6.50. The van der Waals surface area contributed by atoms with Crippen molar-refractivity contribution in [3.8, 4) is 5.75 Å². The number of carbonyl (C=O) groups is 1. The Labute approximate surface area is 123 Å². The maximum absolute atomic E-state index is 12.3. The molecule has 0 bridgehead atoms. The molecule has 21 heavy (non-hydrogen) atoms. The summed E-state index contributed by atoms with van der Waals surface area (Å²) < 4.78 is 37.2. The highest BCUT2D eigenvalue weighted by Gasteiger charge is 2.23. The van der Waals surface area contributed by atoms with Crippen LogP contribution in [0.4, 0.5) is 5.69 Å². The molecule has 1 heterocycles. The van der Waals surface area contributed by atoms with E-state index in [1.165, 1.54) is 6.07 Å². The zero-order valence-electron chi connectivity index (χ0n) is 11.9. The largest absolute Gasteiger partial charge is 0.482 e. The summed E-state index contributed by atoms with van der Waals surface area (Å²) in [6, 6.07) is 3.03. The van der Waals surface area contributed by atoms with Crippen LogP contribution in [0.5, 0.6) is 5.75 Å². The van der Waals surface area contributed by atoms with Gasteiger partial charge < -0.3 is 14.8 Å². The number of ether oxygens (including phenoxy) is 2. The summed E-state index contributed by atoms with van der Waals surface area (Å²) >= 11 is 0. The van der Waals surface area contributed by atoms with Crippen LogP contribution in [-0.4, -0.2) is 41.2 Å². The van der Waals surface area contributed by atoms with Gasteiger partial charge in [-0.1, -0.05) is 0 Å². The van der Waals surface area contributed by atoms with Crippen molar-refractivity contribution in [3.63, 3.8) is 0 Å². The normalized spacial score (nSPS) is 14.3. The van der Waals surface area contributed by atoms with Crippen LogP contribution in [0.25, 0.3) is 0 Å². The summed E-state index contributed by atoms with van der Waals surface area (Å²) in [7, 11) is -2.05. The molecule has 0 fully saturated rings. The van der Waals surface area contributed by atoms with Crippen LogP contribution >= 0.6 is 0 Å². The number of fused-ring (bicyclic) bond motifs is 1. The first kappa shape index (κ1) is 15.7. The fourth-order valence-corrected chi connectivity index (χ4v) is 3.32. The van der Waals surface area contributed by atoms with Crippen molar-refractivity contribution >= 4 is 21.6 Å². The van der Waals surface area contributed by atoms with Crippen LogP contribution in [0.1, 0.15) is 12.0 Å². The van der Waals surface area contributed by atoms with Crippen molar-refractivity contribution in [1.82, 2.24) is 4.72 Å². The molecule has 1 aliphatic heterocycles. The Morgan fingerprint density at radius 3 is 2.90 bits per heavy atom. The Morgan fingerprint density at radius 1 is 1.43 bits per heavy atom. The summed E-state index contributed by atoms with van der Waals surface area (Å²) in [5.41, 5.74) is 1.03. The van der Waals surface area contributed by atoms with Gasteiger partial charge in [0.2, 0.25) is 10.0 Å². The van der Waals surface area contributed by atoms with Crippen molar-refractivity contribution in [2.75, 3.05) is 32.2 Å². The zero-order chi connectivity index (χ0) is 15.5. The first-order valence-corrected chi connectivity index (χ1v) is 7.98. The predicted molar refractivity (Wildman–Crippen MR) is 77.0 cm³/mol. The molecule has 1 amide bonds. The lowest BCUT2D eigenvalue weighted by Gasteiger charge is -2.20. The minimum atomic E-state index is -3.62. The first-order chi connectivity index (χ1) is 9.94. The molecule has 1 aliphatic rings. The number of anilines is 1. The van der Waals surface area contributed by atoms with E-state index in [1.807, 2.05) is 0 Å². The van der Waals surface area contributed by atoms with Gasteiger partial charge in [0.1, 0.15) is 5.75 Å². The van der Waals surface area contributed by atoms with Crippen molar-refractivity contribution in [2.45, 2.75) is 18.2 Å². The molecule has 0 unspecified atom stereocenters. The number of aryl methyl sites for hydroxylation is 1. The highest BCUT2D eigenvalue weighted by Crippen LogP contribution is 2.32. The molecule has 8 heteroatoms. The Bertz CT molecular complexity index is 642. The highest BCUT2D eigenvalue weighted by atomic mass is 32.2. The Morgan fingerprint density at radius 2 is 2.19 bits per heavy atom. The average Bonchev–Trinajstić information content (AvgIpc) is 2.42. The van der Waals surface area contributed by atoms with Crippen LogP contribution in [0, 0.1) is 6.92 Å². The van der Waals surface area contributed by atoms with Gasteiger partial charge in [0.05, 0.1) is 10.6 Å². The number of carbonyl (C=O) groups excluding carboxylic acids is 1. The summed E-state index contributed by atoms with van der Waals surface area (Å²) in [6.45, 7) is 2.34. The van der Waals surface area contributed by atoms with E-state index in [0.29, 0.717) is 36.6 Å². The molecule has 2 N–H and O–H groups in total. The molecule has 116 valence electrons. The van der Waals surface area contributed by atoms with Gasteiger partial charge in [-0.15, -0.1) is 0 Å². The predicted octanol–water partition coefficient (Wildman–Crippen LogP) is 0.641. The number of rotatable bonds is 6. The number of benzene rings is 1. The van der Waals surface area contributed by atoms with E-state index in [2.05, 4.69) is 10.0 Å². The summed E-state index contributed by atoms with van der Waals surface area (Å²) in [5.74, 6) is 0.104. The molecule has 1 aromatic carbocycles. The van der Waals surface area contributed by atoms with Gasteiger partial charge in [0.25, 0.3) is 5.91 Å². The molecule has 1 aromatic rings. The smallest absolute Gasteiger partial charge is 0.262 e. The minimum Gasteiger partial charge on any atom is -0.482 e. The van der Waals surface area contributed by atoms with Gasteiger partial charge in [-0.25, -0.2) is 13.1 Å². The lowest BCUT2D eigenvalue weighted by molar-refractivity contribution is -0.118. The van der Waals surface area contributed by atoms with Crippen molar-refractivity contribution in [3.05, 3.63) is 17.7 Å². The maximum Gasteiger partial charge on any atom is 0.262 e. The van der Waals surface area contributed by atoms with E-state index < -0.39 is 10.0 Å². The fraction of sp³-hybridized carbons (Fsp3) is 0.462. The van der Waals surface area contributed by atoms with E-state index in [-0.39, 0.29) is 17.4 Å². The molecule has 0 atom stereocenters. The summed E-state index contributed by atoms with van der Waals surface area (Å²) in [5, 5.41) is 2.64. The molecule has 7 nitrogen and oxygen atoms in total. The molecular formula is C13H18N2O5S. The van der Waals surface area contributed by atoms with Crippen molar-refractivity contribution < 1.29 is 22.7 Å². The topological polar surface area (TPSA) is 93.7 Å². The molecular weight excluding hydrogens is 296 g/mol. The number of sulfonamides is 1. The molecule has 0 radical (unpaired) electrons. The molecule has 0 spiro atoms. The van der Waals surface area contributed by atoms with Gasteiger partial charge in [-0.2, -0.15) is 0 Å². The molecule has 2 rings (SSSR count). The molecule has 0 aliphatic carbocycles. The van der Waals surface area contributed by atoms with Gasteiger partial charge in [-0.3, -0.25) is 4.79 Å². The average molecular weight is 314 g/mol. The summed E-state index contributed by atoms with van der Waals surface area (Å²) in [4.78, 5) is 11.4. The van der Waals surface area contributed by atoms with Gasteiger partial charge in [0.15, 0.2) is 6.61 Å². The van der Waals surface area contributed by atoms with Crippen LogP contribution in [0.15, 0.2) is 17.0 Å². The number of hydrogen-bond donors (Lipinski definition) is 2. The number of nitrogens with one attached hydrogen (secondary N) is 2. The monoisotopic (exact) mass is 314 g/mol. The number of hydrogen-bond acceptors (Lipinski definition) is 5. The number of methoxy groups -OCH3 is 1. The van der Waals surface area contributed by atoms with E-state index in [9.17, 15) is 13.2 Å². The third-order valence-corrected chi connectivity index (χ3v) is 4.62. The molecule has 0 aromatic heterocycles. The lowest BCUT2D eigenvalue weighted by atomic mass is 10.2. The second-order valence-corrected chi connectivity index (χ2v) is 6.43. The van der Waals surface area contributed by atoms with E-state index >= 15 is 0 Å². The Balaban J connectivity index is 2.21. The minimum absolute atomic E-state index is 0.114. The van der Waals surface area contributed by atoms with Crippen molar-refractivity contribution in [2.24, 2.45) is 0 Å². The van der Waals surface area contributed by atoms with Crippen LogP contribution in [0.2, 0.25) is 0 Å². The van der Waals surface area contributed by atoms with Crippen LogP contribution in [-0.2, 0) is 19.6 Å². The van der Waals surface area contributed by atoms with E-state index in [4.69, 9.17) is 9.47 Å². The van der Waals surface area contributed by atoms with E-state index in [1.54, 1.807) is 20.1 Å². The van der Waals surface area contributed by atoms with Gasteiger partial charge >= 0.3 is 0 Å². The quantitative estimate of drug-likeness (QED) is 0.752. The number of amides is 1. The van der Waals surface area contributed by atoms with Crippen LogP contribution in [0.3, 0.4) is 0 Å². The standard InChI is InChI=1S/C13H18N2O5S/c1-9-6-10-11(20-8-13(16)15-10)7-12(9)21(17,18)14-4-3-5-19-2/h6-7,14H,3-5,8H2,1-2H3,(H,15,16). The van der Waals surface area contributed by atoms with Crippen molar-refractivity contribution in [1.29, 1.82) is 0 Å². The van der Waals surface area contributed by atoms with Crippen LogP contribution < -0.4 is 14.8 Å². The third-order valence-electron chi connectivity index (χ3n) is 3.02. The zero-order valence-corrected chi connectivity index (χ0v) is 12.7. The SMILES string of the molecule is COCCCNS(=O)(=O)c1cc2c(cc1C)NC(=O)CO2. The van der Waals surface area contributed by atoms with Gasteiger partial charge in [-0.05, 0) is 25.0 Å². The molecule has 0 saturated carbocycles. The van der Waals surface area contributed by atoms with Gasteiger partial charge in [0, 0.05) is 26.3 Å². The fourth-order valence-electron chi connectivity index (χ4n) is 2.01. The Hall–Kier alpha value is -1.64. The second-order valence-electron chi connectivity index (χ2n) is 4.69. The lowest BCUT2D eigenvalue weighted by Crippen LogP contribution is -2.28.